The number of rotatable bonds is 3. The van der Waals surface area contributed by atoms with Gasteiger partial charge in [-0.2, -0.15) is 10.1 Å². The van der Waals surface area contributed by atoms with Gasteiger partial charge in [0, 0.05) is 12.7 Å². The molecule has 0 spiro atoms. The van der Waals surface area contributed by atoms with E-state index in [1.807, 2.05) is 0 Å². The van der Waals surface area contributed by atoms with Crippen LogP contribution in [0.25, 0.3) is 5.52 Å². The minimum absolute atomic E-state index is 0.107. The Morgan fingerprint density at radius 3 is 3.08 bits per heavy atom. The average molecular weight is 342 g/mol. The number of aryl methyl sites for hydroxylation is 1. The van der Waals surface area contributed by atoms with Crippen molar-refractivity contribution in [3.8, 4) is 0 Å². The summed E-state index contributed by atoms with van der Waals surface area (Å²) in [5.41, 5.74) is 0.202. The van der Waals surface area contributed by atoms with Crippen LogP contribution in [0.5, 0.6) is 0 Å². The van der Waals surface area contributed by atoms with Crippen LogP contribution in [-0.4, -0.2) is 41.7 Å². The number of nitrogens with zero attached hydrogens (tertiary/aromatic N) is 6. The number of hydrogen-bond donors (Lipinski definition) is 0. The number of aromatic nitrogens is 5. The van der Waals surface area contributed by atoms with Crippen LogP contribution in [-0.2, 0) is 11.3 Å². The molecule has 0 aliphatic carbocycles. The van der Waals surface area contributed by atoms with Gasteiger partial charge in [-0.15, -0.1) is 0 Å². The molecule has 0 bridgehead atoms. The van der Waals surface area contributed by atoms with Gasteiger partial charge in [-0.05, 0) is 38.3 Å². The van der Waals surface area contributed by atoms with E-state index < -0.39 is 0 Å². The lowest BCUT2D eigenvalue weighted by atomic mass is 10.0. The Kier molecular flexibility index (Phi) is 3.83. The Labute approximate surface area is 142 Å². The Hall–Kier alpha value is -2.97. The lowest BCUT2D eigenvalue weighted by Crippen LogP contribution is -2.42. The second-order valence-corrected chi connectivity index (χ2v) is 6.17. The van der Waals surface area contributed by atoms with E-state index in [0.29, 0.717) is 23.8 Å². The van der Waals surface area contributed by atoms with Crippen molar-refractivity contribution in [3.63, 3.8) is 0 Å². The Balaban J connectivity index is 1.59. The number of fused-ring (bicyclic) bond motifs is 1. The summed E-state index contributed by atoms with van der Waals surface area (Å²) in [6.45, 7) is 2.25. The van der Waals surface area contributed by atoms with Gasteiger partial charge in [0.25, 0.3) is 5.56 Å². The van der Waals surface area contributed by atoms with Crippen molar-refractivity contribution in [3.05, 3.63) is 46.7 Å². The fraction of sp³-hybridized carbons (Fsp3) is 0.438. The summed E-state index contributed by atoms with van der Waals surface area (Å²) in [5, 5.41) is 7.90. The zero-order valence-electron chi connectivity index (χ0n) is 13.8. The van der Waals surface area contributed by atoms with Crippen molar-refractivity contribution >= 4 is 11.4 Å². The molecule has 4 rings (SSSR count). The summed E-state index contributed by atoms with van der Waals surface area (Å²) in [4.78, 5) is 31.2. The third kappa shape index (κ3) is 2.81. The summed E-state index contributed by atoms with van der Waals surface area (Å²) >= 11 is 0. The van der Waals surface area contributed by atoms with Crippen molar-refractivity contribution in [1.82, 2.24) is 29.2 Å². The molecule has 3 aromatic heterocycles. The summed E-state index contributed by atoms with van der Waals surface area (Å²) in [6, 6.07) is 3.23. The smallest absolute Gasteiger partial charge is 0.291 e. The Morgan fingerprint density at radius 1 is 1.40 bits per heavy atom. The lowest BCUT2D eigenvalue weighted by Gasteiger charge is -2.33. The first kappa shape index (κ1) is 15.6. The molecule has 0 saturated carbocycles. The summed E-state index contributed by atoms with van der Waals surface area (Å²) in [7, 11) is 0. The molecule has 4 heterocycles. The monoisotopic (exact) mass is 342 g/mol. The Morgan fingerprint density at radius 2 is 2.28 bits per heavy atom. The van der Waals surface area contributed by atoms with Crippen LogP contribution in [0.15, 0.2) is 34.0 Å². The van der Waals surface area contributed by atoms with Crippen LogP contribution in [0.3, 0.4) is 0 Å². The maximum absolute atomic E-state index is 12.8. The van der Waals surface area contributed by atoms with Gasteiger partial charge in [0.05, 0.1) is 0 Å². The highest BCUT2D eigenvalue weighted by Crippen LogP contribution is 2.30. The van der Waals surface area contributed by atoms with Crippen molar-refractivity contribution in [1.29, 1.82) is 0 Å². The second-order valence-electron chi connectivity index (χ2n) is 6.17. The van der Waals surface area contributed by atoms with Gasteiger partial charge in [-0.1, -0.05) is 5.16 Å². The van der Waals surface area contributed by atoms with Crippen molar-refractivity contribution in [2.45, 2.75) is 38.8 Å². The van der Waals surface area contributed by atoms with Gasteiger partial charge in [-0.3, -0.25) is 9.59 Å². The molecule has 1 atom stereocenters. The third-order valence-corrected chi connectivity index (χ3v) is 4.48. The second kappa shape index (κ2) is 6.15. The molecule has 0 radical (unpaired) electrons. The zero-order chi connectivity index (χ0) is 17.4. The van der Waals surface area contributed by atoms with Crippen LogP contribution in [0.1, 0.15) is 37.0 Å². The van der Waals surface area contributed by atoms with Gasteiger partial charge < -0.3 is 13.8 Å². The van der Waals surface area contributed by atoms with Gasteiger partial charge in [0.15, 0.2) is 5.82 Å². The number of piperidine rings is 1. The van der Waals surface area contributed by atoms with E-state index in [1.54, 1.807) is 34.6 Å². The third-order valence-electron chi connectivity index (χ3n) is 4.48. The zero-order valence-corrected chi connectivity index (χ0v) is 13.8. The molecule has 1 aliphatic heterocycles. The number of likely N-dealkylation sites (tertiary alicyclic amines) is 1. The summed E-state index contributed by atoms with van der Waals surface area (Å²) < 4.78 is 8.09. The highest BCUT2D eigenvalue weighted by Gasteiger charge is 2.32. The minimum Gasteiger partial charge on any atom is -0.337 e. The van der Waals surface area contributed by atoms with Crippen molar-refractivity contribution in [2.75, 3.05) is 6.54 Å². The van der Waals surface area contributed by atoms with E-state index in [0.717, 1.165) is 19.3 Å². The van der Waals surface area contributed by atoms with Gasteiger partial charge in [-0.25, -0.2) is 4.68 Å². The van der Waals surface area contributed by atoms with E-state index in [4.69, 9.17) is 4.52 Å². The normalized spacial score (nSPS) is 18.0. The maximum atomic E-state index is 12.8. The summed E-state index contributed by atoms with van der Waals surface area (Å²) in [6.07, 6.45) is 5.95. The number of hydrogen-bond acceptors (Lipinski definition) is 6. The van der Waals surface area contributed by atoms with Crippen LogP contribution in [0, 0.1) is 6.92 Å². The standard InChI is InChI=1S/C16H18N6O3/c1-11-18-15(25-19-11)12-5-2-3-8-21(12)14(23)9-22-16(24)13-6-4-7-20(13)10-17-22/h4,6-7,10,12H,2-3,5,8-9H2,1H3/t12-/m1/s1. The number of amides is 1. The molecule has 1 saturated heterocycles. The predicted octanol–water partition coefficient (Wildman–Crippen LogP) is 0.941. The van der Waals surface area contributed by atoms with E-state index in [1.165, 1.54) is 11.0 Å². The molecule has 1 aliphatic rings. The van der Waals surface area contributed by atoms with Crippen molar-refractivity contribution in [2.24, 2.45) is 0 Å². The van der Waals surface area contributed by atoms with Gasteiger partial charge in [0.1, 0.15) is 24.4 Å². The van der Waals surface area contributed by atoms with Gasteiger partial charge >= 0.3 is 0 Å². The molecule has 3 aromatic rings. The molecule has 0 unspecified atom stereocenters. The highest BCUT2D eigenvalue weighted by molar-refractivity contribution is 5.76. The molecule has 0 aromatic carbocycles. The number of carbonyl (C=O) groups excluding carboxylic acids is 1. The first-order valence-corrected chi connectivity index (χ1v) is 8.26. The van der Waals surface area contributed by atoms with E-state index in [2.05, 4.69) is 15.2 Å². The van der Waals surface area contributed by atoms with Crippen LogP contribution in [0.2, 0.25) is 0 Å². The van der Waals surface area contributed by atoms with E-state index in [-0.39, 0.29) is 24.1 Å². The first-order valence-electron chi connectivity index (χ1n) is 8.26. The quantitative estimate of drug-likeness (QED) is 0.702. The molecule has 130 valence electrons. The van der Waals surface area contributed by atoms with Crippen LogP contribution >= 0.6 is 0 Å². The minimum atomic E-state index is -0.289. The van der Waals surface area contributed by atoms with Crippen LogP contribution < -0.4 is 5.56 Å². The average Bonchev–Trinajstić information content (AvgIpc) is 3.26. The van der Waals surface area contributed by atoms with Crippen molar-refractivity contribution < 1.29 is 9.32 Å². The SMILES string of the molecule is Cc1noc([C@H]2CCCCN2C(=O)Cn2ncn3cccc3c2=O)n1. The molecular formula is C16H18N6O3. The maximum Gasteiger partial charge on any atom is 0.291 e. The molecular weight excluding hydrogens is 324 g/mol. The fourth-order valence-electron chi connectivity index (χ4n) is 3.25. The van der Waals surface area contributed by atoms with E-state index in [9.17, 15) is 9.59 Å². The molecule has 25 heavy (non-hydrogen) atoms. The molecule has 9 nitrogen and oxygen atoms in total. The lowest BCUT2D eigenvalue weighted by molar-refractivity contribution is -0.136. The van der Waals surface area contributed by atoms with Crippen LogP contribution in [0.4, 0.5) is 0 Å². The topological polar surface area (TPSA) is 98.5 Å². The largest absolute Gasteiger partial charge is 0.337 e. The Bertz CT molecular complexity index is 972. The fourth-order valence-corrected chi connectivity index (χ4v) is 3.25. The molecule has 9 heteroatoms. The summed E-state index contributed by atoms with van der Waals surface area (Å²) in [5.74, 6) is 0.823. The molecule has 0 N–H and O–H groups in total. The first-order chi connectivity index (χ1) is 12.1. The van der Waals surface area contributed by atoms with Gasteiger partial charge in [0.2, 0.25) is 11.8 Å². The highest BCUT2D eigenvalue weighted by atomic mass is 16.5. The molecule has 1 amide bonds. The number of carbonyl (C=O) groups is 1. The molecule has 1 fully saturated rings. The predicted molar refractivity (Wildman–Crippen MR) is 86.8 cm³/mol. The van der Waals surface area contributed by atoms with E-state index >= 15 is 0 Å².